The lowest BCUT2D eigenvalue weighted by molar-refractivity contribution is -0.131. The number of amides is 2. The first-order valence-electron chi connectivity index (χ1n) is 8.79. The first-order valence-corrected chi connectivity index (χ1v) is 10.4. The molecular weight excluding hydrogens is 330 g/mol. The van der Waals surface area contributed by atoms with Crippen molar-refractivity contribution in [2.24, 2.45) is 5.92 Å². The van der Waals surface area contributed by atoms with E-state index in [1.165, 1.54) is 4.31 Å². The third-order valence-electron chi connectivity index (χ3n) is 4.36. The quantitative estimate of drug-likeness (QED) is 0.670. The molecule has 3 atom stereocenters. The van der Waals surface area contributed by atoms with Crippen LogP contribution in [0.3, 0.4) is 0 Å². The molecule has 7 nitrogen and oxygen atoms in total. The minimum Gasteiger partial charge on any atom is -0.352 e. The molecular formula is C16H31N3O4S. The van der Waals surface area contributed by atoms with Gasteiger partial charge in [0.25, 0.3) is 0 Å². The van der Waals surface area contributed by atoms with Gasteiger partial charge in [0.15, 0.2) is 0 Å². The summed E-state index contributed by atoms with van der Waals surface area (Å²) in [6.07, 6.45) is 2.68. The van der Waals surface area contributed by atoms with Gasteiger partial charge in [0.2, 0.25) is 21.8 Å². The number of rotatable bonds is 8. The van der Waals surface area contributed by atoms with Gasteiger partial charge in [-0.1, -0.05) is 13.8 Å². The zero-order chi connectivity index (χ0) is 18.3. The number of sulfonamides is 1. The average Bonchev–Trinajstić information content (AvgIpc) is 2.54. The monoisotopic (exact) mass is 361 g/mol. The molecule has 2 N–H and O–H groups in total. The summed E-state index contributed by atoms with van der Waals surface area (Å²) in [4.78, 5) is 24.4. The van der Waals surface area contributed by atoms with Crippen LogP contribution in [0.2, 0.25) is 0 Å². The lowest BCUT2D eigenvalue weighted by Crippen LogP contribution is -2.51. The van der Waals surface area contributed by atoms with E-state index in [0.717, 1.165) is 6.42 Å². The summed E-state index contributed by atoms with van der Waals surface area (Å²) in [7, 11) is -3.29. The first kappa shape index (κ1) is 20.9. The summed E-state index contributed by atoms with van der Waals surface area (Å²) in [6, 6.07) is -0.574. The third-order valence-corrected chi connectivity index (χ3v) is 6.41. The number of carbonyl (C=O) groups excluding carboxylic acids is 2. The Bertz CT molecular complexity index is 535. The van der Waals surface area contributed by atoms with Crippen molar-refractivity contribution >= 4 is 21.8 Å². The van der Waals surface area contributed by atoms with Gasteiger partial charge >= 0.3 is 0 Å². The highest BCUT2D eigenvalue weighted by Crippen LogP contribution is 2.20. The van der Waals surface area contributed by atoms with E-state index >= 15 is 0 Å². The van der Waals surface area contributed by atoms with Gasteiger partial charge in [0.1, 0.15) is 6.04 Å². The molecule has 1 rings (SSSR count). The largest absolute Gasteiger partial charge is 0.352 e. The van der Waals surface area contributed by atoms with Gasteiger partial charge in [-0.2, -0.15) is 0 Å². The lowest BCUT2D eigenvalue weighted by Gasteiger charge is -2.31. The van der Waals surface area contributed by atoms with Crippen LogP contribution >= 0.6 is 0 Å². The fraction of sp³-hybridized carbons (Fsp3) is 0.875. The van der Waals surface area contributed by atoms with Crippen molar-refractivity contribution in [3.8, 4) is 0 Å². The molecule has 2 amide bonds. The van der Waals surface area contributed by atoms with E-state index in [1.54, 1.807) is 6.92 Å². The summed E-state index contributed by atoms with van der Waals surface area (Å²) in [5, 5.41) is 5.54. The van der Waals surface area contributed by atoms with Gasteiger partial charge in [-0.25, -0.2) is 12.7 Å². The normalized spacial score (nSPS) is 21.8. The Hall–Kier alpha value is -1.15. The molecule has 3 unspecified atom stereocenters. The number of nitrogens with zero attached hydrogens (tertiary/aromatic N) is 1. The molecule has 0 spiro atoms. The van der Waals surface area contributed by atoms with Crippen molar-refractivity contribution in [3.05, 3.63) is 0 Å². The van der Waals surface area contributed by atoms with Crippen LogP contribution in [0.4, 0.5) is 0 Å². The van der Waals surface area contributed by atoms with Crippen molar-refractivity contribution in [1.82, 2.24) is 14.9 Å². The number of carbonyl (C=O) groups is 2. The summed E-state index contributed by atoms with van der Waals surface area (Å²) in [5.74, 6) is -0.763. The topological polar surface area (TPSA) is 95.6 Å². The molecule has 0 aromatic rings. The zero-order valence-electron chi connectivity index (χ0n) is 15.2. The predicted molar refractivity (Wildman–Crippen MR) is 93.9 cm³/mol. The Morgan fingerprint density at radius 3 is 2.46 bits per heavy atom. The van der Waals surface area contributed by atoms with Gasteiger partial charge < -0.3 is 10.6 Å². The minimum absolute atomic E-state index is 0.0567. The number of piperidine rings is 1. The molecule has 0 aromatic heterocycles. The zero-order valence-corrected chi connectivity index (χ0v) is 16.0. The second-order valence-electron chi connectivity index (χ2n) is 6.56. The number of nitrogens with one attached hydrogen (secondary N) is 2. The molecule has 0 radical (unpaired) electrons. The van der Waals surface area contributed by atoms with Gasteiger partial charge in [0.05, 0.1) is 11.7 Å². The van der Waals surface area contributed by atoms with Crippen LogP contribution < -0.4 is 10.6 Å². The van der Waals surface area contributed by atoms with Gasteiger partial charge in [-0.3, -0.25) is 9.59 Å². The molecule has 1 aliphatic heterocycles. The van der Waals surface area contributed by atoms with Gasteiger partial charge in [-0.05, 0) is 39.5 Å². The van der Waals surface area contributed by atoms with Crippen LogP contribution in [0.5, 0.6) is 0 Å². The van der Waals surface area contributed by atoms with Crippen LogP contribution in [-0.4, -0.2) is 55.5 Å². The van der Waals surface area contributed by atoms with Crippen molar-refractivity contribution in [3.63, 3.8) is 0 Å². The van der Waals surface area contributed by atoms with Crippen molar-refractivity contribution in [2.75, 3.05) is 18.8 Å². The van der Waals surface area contributed by atoms with E-state index in [9.17, 15) is 18.0 Å². The molecule has 140 valence electrons. The van der Waals surface area contributed by atoms with Crippen LogP contribution in [0.25, 0.3) is 0 Å². The first-order chi connectivity index (χ1) is 11.2. The maximum Gasteiger partial charge on any atom is 0.242 e. The van der Waals surface area contributed by atoms with E-state index < -0.39 is 22.0 Å². The Morgan fingerprint density at radius 1 is 1.21 bits per heavy atom. The van der Waals surface area contributed by atoms with E-state index in [0.29, 0.717) is 25.8 Å². The second kappa shape index (κ2) is 9.36. The maximum atomic E-state index is 12.4. The van der Waals surface area contributed by atoms with Crippen molar-refractivity contribution in [2.45, 2.75) is 65.5 Å². The minimum atomic E-state index is -3.29. The number of hydrogen-bond donors (Lipinski definition) is 2. The fourth-order valence-electron chi connectivity index (χ4n) is 2.66. The van der Waals surface area contributed by atoms with Crippen molar-refractivity contribution < 1.29 is 18.0 Å². The molecule has 1 aliphatic rings. The lowest BCUT2D eigenvalue weighted by atomic mass is 9.98. The molecule has 24 heavy (non-hydrogen) atoms. The van der Waals surface area contributed by atoms with Crippen molar-refractivity contribution in [1.29, 1.82) is 0 Å². The maximum absolute atomic E-state index is 12.4. The van der Waals surface area contributed by atoms with E-state index in [4.69, 9.17) is 0 Å². The van der Waals surface area contributed by atoms with Crippen LogP contribution in [0, 0.1) is 5.92 Å². The SMILES string of the molecule is CCCS(=O)(=O)N1CCCC(C(=O)NC(C)C(=O)NC(C)CC)C1. The Kier molecular flexibility index (Phi) is 8.15. The average molecular weight is 362 g/mol. The Balaban J connectivity index is 2.59. The summed E-state index contributed by atoms with van der Waals surface area (Å²) >= 11 is 0. The van der Waals surface area contributed by atoms with Gasteiger partial charge in [-0.15, -0.1) is 0 Å². The van der Waals surface area contributed by atoms with E-state index in [1.807, 2.05) is 20.8 Å². The molecule has 1 saturated heterocycles. The Labute approximate surface area is 145 Å². The van der Waals surface area contributed by atoms with Crippen LogP contribution in [-0.2, 0) is 19.6 Å². The molecule has 0 bridgehead atoms. The molecule has 0 aliphatic carbocycles. The van der Waals surface area contributed by atoms with Crippen LogP contribution in [0.1, 0.15) is 53.4 Å². The standard InChI is InChI=1S/C16H31N3O4S/c1-5-10-24(22,23)19-9-7-8-14(11-19)16(21)18-13(4)15(20)17-12(3)6-2/h12-14H,5-11H2,1-4H3,(H,17,20)(H,18,21). The summed E-state index contributed by atoms with van der Waals surface area (Å²) in [5.41, 5.74) is 0. The summed E-state index contributed by atoms with van der Waals surface area (Å²) < 4.78 is 25.7. The highest BCUT2D eigenvalue weighted by molar-refractivity contribution is 7.89. The molecule has 0 saturated carbocycles. The fourth-order valence-corrected chi connectivity index (χ4v) is 4.25. The smallest absolute Gasteiger partial charge is 0.242 e. The molecule has 0 aromatic carbocycles. The van der Waals surface area contributed by atoms with E-state index in [-0.39, 0.29) is 30.2 Å². The van der Waals surface area contributed by atoms with E-state index in [2.05, 4.69) is 10.6 Å². The summed E-state index contributed by atoms with van der Waals surface area (Å²) in [6.45, 7) is 8.02. The second-order valence-corrected chi connectivity index (χ2v) is 8.65. The predicted octanol–water partition coefficient (Wildman–Crippen LogP) is 0.858. The highest BCUT2D eigenvalue weighted by Gasteiger charge is 2.32. The highest BCUT2D eigenvalue weighted by atomic mass is 32.2. The molecule has 1 heterocycles. The van der Waals surface area contributed by atoms with Gasteiger partial charge in [0, 0.05) is 19.1 Å². The third kappa shape index (κ3) is 6.05. The Morgan fingerprint density at radius 2 is 1.88 bits per heavy atom. The number of hydrogen-bond acceptors (Lipinski definition) is 4. The molecule has 1 fully saturated rings. The van der Waals surface area contributed by atoms with Crippen LogP contribution in [0.15, 0.2) is 0 Å². The molecule has 8 heteroatoms.